The number of likely N-dealkylation sites (tertiary alicyclic amines) is 1. The molecule has 1 atom stereocenters. The van der Waals surface area contributed by atoms with Gasteiger partial charge < -0.3 is 4.90 Å². The predicted molar refractivity (Wildman–Crippen MR) is 95.0 cm³/mol. The molecule has 1 unspecified atom stereocenters. The van der Waals surface area contributed by atoms with Crippen LogP contribution in [0, 0.1) is 12.8 Å². The van der Waals surface area contributed by atoms with Gasteiger partial charge in [0.25, 0.3) is 5.91 Å². The number of allylic oxidation sites excluding steroid dienone is 1. The molecule has 8 nitrogen and oxygen atoms in total. The number of amides is 1. The summed E-state index contributed by atoms with van der Waals surface area (Å²) in [5.74, 6) is 1.07. The normalized spacial score (nSPS) is 23.2. The molecule has 3 aliphatic heterocycles. The molecule has 1 N–H and O–H groups in total. The fourth-order valence-electron chi connectivity index (χ4n) is 3.66. The van der Waals surface area contributed by atoms with Crippen molar-refractivity contribution in [3.05, 3.63) is 29.2 Å². The Kier molecular flexibility index (Phi) is 3.91. The number of hydrogen-bond acceptors (Lipinski definition) is 6. The first-order chi connectivity index (χ1) is 12.0. The minimum absolute atomic E-state index is 0.0698. The van der Waals surface area contributed by atoms with Gasteiger partial charge in [0.2, 0.25) is 5.96 Å². The number of hydrazine groups is 1. The van der Waals surface area contributed by atoms with E-state index in [-0.39, 0.29) is 11.8 Å². The molecule has 3 aliphatic rings. The fraction of sp³-hybridized carbons (Fsp3) is 0.529. The Labute approximate surface area is 146 Å². The van der Waals surface area contributed by atoms with Crippen molar-refractivity contribution in [1.29, 1.82) is 0 Å². The van der Waals surface area contributed by atoms with Crippen LogP contribution in [0.15, 0.2) is 28.0 Å². The highest BCUT2D eigenvalue weighted by atomic mass is 16.2. The molecule has 0 spiro atoms. The van der Waals surface area contributed by atoms with Crippen LogP contribution in [-0.2, 0) is 7.05 Å². The van der Waals surface area contributed by atoms with Crippen LogP contribution in [-0.4, -0.2) is 57.0 Å². The van der Waals surface area contributed by atoms with Crippen molar-refractivity contribution >= 4 is 17.6 Å². The average molecular weight is 341 g/mol. The van der Waals surface area contributed by atoms with Gasteiger partial charge in [-0.15, -0.1) is 0 Å². The summed E-state index contributed by atoms with van der Waals surface area (Å²) in [7, 11) is 1.86. The Bertz CT molecular complexity index is 804. The third-order valence-electron chi connectivity index (χ3n) is 5.13. The van der Waals surface area contributed by atoms with Gasteiger partial charge in [0.1, 0.15) is 6.67 Å². The molecular formula is C17H23N7O. The highest BCUT2D eigenvalue weighted by molar-refractivity contribution is 6.05. The van der Waals surface area contributed by atoms with Gasteiger partial charge in [-0.3, -0.25) is 9.48 Å². The van der Waals surface area contributed by atoms with Gasteiger partial charge in [-0.2, -0.15) is 5.10 Å². The summed E-state index contributed by atoms with van der Waals surface area (Å²) < 4.78 is 1.75. The van der Waals surface area contributed by atoms with Crippen molar-refractivity contribution in [3.63, 3.8) is 0 Å². The number of aryl methyl sites for hydroxylation is 1. The smallest absolute Gasteiger partial charge is 0.257 e. The molecule has 0 bridgehead atoms. The van der Waals surface area contributed by atoms with Crippen molar-refractivity contribution in [3.8, 4) is 0 Å². The van der Waals surface area contributed by atoms with Crippen LogP contribution >= 0.6 is 0 Å². The number of hydrogen-bond donors (Lipinski definition) is 1. The molecule has 0 aliphatic carbocycles. The second-order valence-electron chi connectivity index (χ2n) is 6.79. The molecule has 25 heavy (non-hydrogen) atoms. The lowest BCUT2D eigenvalue weighted by atomic mass is 9.92. The summed E-state index contributed by atoms with van der Waals surface area (Å²) in [5.41, 5.74) is 6.97. The van der Waals surface area contributed by atoms with Gasteiger partial charge in [-0.25, -0.2) is 20.4 Å². The Morgan fingerprint density at radius 3 is 2.96 bits per heavy atom. The van der Waals surface area contributed by atoms with Crippen molar-refractivity contribution in [2.45, 2.75) is 26.7 Å². The molecule has 1 amide bonds. The molecular weight excluding hydrogens is 318 g/mol. The molecule has 1 aromatic rings. The van der Waals surface area contributed by atoms with Gasteiger partial charge in [-0.1, -0.05) is 0 Å². The van der Waals surface area contributed by atoms with Crippen molar-refractivity contribution in [2.24, 2.45) is 23.0 Å². The van der Waals surface area contributed by atoms with Crippen molar-refractivity contribution in [2.75, 3.05) is 19.8 Å². The summed E-state index contributed by atoms with van der Waals surface area (Å²) in [5, 5.41) is 6.18. The maximum atomic E-state index is 12.9. The van der Waals surface area contributed by atoms with Crippen LogP contribution in [0.5, 0.6) is 0 Å². The zero-order chi connectivity index (χ0) is 17.6. The van der Waals surface area contributed by atoms with Gasteiger partial charge in [0.05, 0.1) is 11.8 Å². The molecule has 4 heterocycles. The summed E-state index contributed by atoms with van der Waals surface area (Å²) in [6.45, 7) is 5.97. The van der Waals surface area contributed by atoms with Crippen molar-refractivity contribution in [1.82, 2.24) is 25.1 Å². The van der Waals surface area contributed by atoms with Gasteiger partial charge >= 0.3 is 0 Å². The van der Waals surface area contributed by atoms with Crippen LogP contribution < -0.4 is 5.43 Å². The highest BCUT2D eigenvalue weighted by Gasteiger charge is 2.34. The molecule has 1 saturated heterocycles. The Morgan fingerprint density at radius 1 is 1.36 bits per heavy atom. The third kappa shape index (κ3) is 2.76. The number of guanidine groups is 1. The maximum Gasteiger partial charge on any atom is 0.257 e. The van der Waals surface area contributed by atoms with Gasteiger partial charge in [-0.05, 0) is 32.8 Å². The fourth-order valence-corrected chi connectivity index (χ4v) is 3.66. The topological polar surface area (TPSA) is 78.1 Å². The second kappa shape index (κ2) is 6.11. The average Bonchev–Trinajstić information content (AvgIpc) is 3.21. The monoisotopic (exact) mass is 341 g/mol. The number of nitrogens with one attached hydrogen (secondary N) is 1. The number of carbonyl (C=O) groups excluding carboxylic acids is 1. The van der Waals surface area contributed by atoms with E-state index in [4.69, 9.17) is 0 Å². The molecule has 0 radical (unpaired) electrons. The van der Waals surface area contributed by atoms with E-state index in [1.807, 2.05) is 30.8 Å². The first kappa shape index (κ1) is 16.0. The molecule has 1 fully saturated rings. The molecule has 4 rings (SSSR count). The SMILES string of the molecule is CC1=NC2=NCNN2C(C2CCCN(C(=O)c3cnn(C)c3C)C2)=C1. The zero-order valence-electron chi connectivity index (χ0n) is 14.9. The number of rotatable bonds is 2. The van der Waals surface area contributed by atoms with Crippen LogP contribution in [0.2, 0.25) is 0 Å². The Hall–Kier alpha value is -2.48. The third-order valence-corrected chi connectivity index (χ3v) is 5.13. The Balaban J connectivity index is 1.55. The number of aliphatic imine (C=N–C) groups is 2. The maximum absolute atomic E-state index is 12.9. The number of fused-ring (bicyclic) bond motifs is 1. The van der Waals surface area contributed by atoms with E-state index < -0.39 is 0 Å². The van der Waals surface area contributed by atoms with Crippen LogP contribution in [0.1, 0.15) is 35.8 Å². The largest absolute Gasteiger partial charge is 0.338 e. The van der Waals surface area contributed by atoms with Crippen LogP contribution in [0.25, 0.3) is 0 Å². The molecule has 8 heteroatoms. The predicted octanol–water partition coefficient (Wildman–Crippen LogP) is 1.07. The number of carbonyl (C=O) groups is 1. The lowest BCUT2D eigenvalue weighted by Crippen LogP contribution is -2.46. The number of nitrogens with zero attached hydrogens (tertiary/aromatic N) is 6. The summed E-state index contributed by atoms with van der Waals surface area (Å²) in [6.07, 6.45) is 5.82. The molecule has 0 aromatic carbocycles. The summed E-state index contributed by atoms with van der Waals surface area (Å²) >= 11 is 0. The van der Waals surface area contributed by atoms with E-state index in [1.54, 1.807) is 10.9 Å². The Morgan fingerprint density at radius 2 is 2.20 bits per heavy atom. The molecule has 132 valence electrons. The van der Waals surface area contributed by atoms with Crippen LogP contribution in [0.4, 0.5) is 0 Å². The lowest BCUT2D eigenvalue weighted by molar-refractivity contribution is 0.0678. The van der Waals surface area contributed by atoms with Crippen molar-refractivity contribution < 1.29 is 4.79 Å². The number of piperidine rings is 1. The second-order valence-corrected chi connectivity index (χ2v) is 6.79. The van der Waals surface area contributed by atoms with E-state index in [0.29, 0.717) is 18.8 Å². The van der Waals surface area contributed by atoms with E-state index in [0.717, 1.165) is 42.4 Å². The van der Waals surface area contributed by atoms with E-state index in [2.05, 4.69) is 26.6 Å². The zero-order valence-corrected chi connectivity index (χ0v) is 14.9. The lowest BCUT2D eigenvalue weighted by Gasteiger charge is -2.37. The molecule has 0 saturated carbocycles. The van der Waals surface area contributed by atoms with E-state index >= 15 is 0 Å². The highest BCUT2D eigenvalue weighted by Crippen LogP contribution is 2.29. The summed E-state index contributed by atoms with van der Waals surface area (Å²) in [6, 6.07) is 0. The van der Waals surface area contributed by atoms with Crippen LogP contribution in [0.3, 0.4) is 0 Å². The standard InChI is InChI=1S/C17H23N7O/c1-11-7-15(24-17(21-11)18-10-20-24)13-5-4-6-23(9-13)16(25)14-8-19-22(3)12(14)2/h7-8,13,20H,4-6,9-10H2,1-3H3. The number of aromatic nitrogens is 2. The first-order valence-electron chi connectivity index (χ1n) is 8.67. The van der Waals surface area contributed by atoms with E-state index in [9.17, 15) is 4.79 Å². The minimum Gasteiger partial charge on any atom is -0.338 e. The minimum atomic E-state index is 0.0698. The van der Waals surface area contributed by atoms with Gasteiger partial charge in [0.15, 0.2) is 0 Å². The first-order valence-corrected chi connectivity index (χ1v) is 8.67. The quantitative estimate of drug-likeness (QED) is 0.873. The molecule has 1 aromatic heterocycles. The van der Waals surface area contributed by atoms with Gasteiger partial charge in [0, 0.05) is 43.2 Å². The van der Waals surface area contributed by atoms with E-state index in [1.165, 1.54) is 0 Å². The summed E-state index contributed by atoms with van der Waals surface area (Å²) in [4.78, 5) is 23.7.